The molecule has 35 heavy (non-hydrogen) atoms. The van der Waals surface area contributed by atoms with Gasteiger partial charge in [0, 0.05) is 23.6 Å². The zero-order valence-corrected chi connectivity index (χ0v) is 21.3. The number of ether oxygens (including phenoxy) is 4. The molecular weight excluding hydrogens is 468 g/mol. The van der Waals surface area contributed by atoms with Crippen LogP contribution in [-0.2, 0) is 25.1 Å². The summed E-state index contributed by atoms with van der Waals surface area (Å²) in [7, 11) is -3.72. The average molecular weight is 505 g/mol. The van der Waals surface area contributed by atoms with E-state index >= 15 is 0 Å². The Hall–Kier alpha value is -2.17. The van der Waals surface area contributed by atoms with E-state index in [9.17, 15) is 8.42 Å². The first-order valence-corrected chi connectivity index (χ1v) is 13.9. The molecule has 2 heterocycles. The fourth-order valence-corrected chi connectivity index (χ4v) is 6.17. The Morgan fingerprint density at radius 2 is 1.63 bits per heavy atom. The standard InChI is InChI=1S/C26H36N2O6S/c1-3-19(12-14-28-21(4-2)11-13-27)26(33-15-16-34-26)20-5-7-22(8-6-20)35(29,30)23-9-10-24-25(17-23)32-18-31-24/h5-10,17,19,21,28H,3-4,11-16,18,27H2,1-2H3. The molecule has 1 saturated heterocycles. The number of rotatable bonds is 12. The van der Waals surface area contributed by atoms with E-state index in [0.717, 1.165) is 37.8 Å². The van der Waals surface area contributed by atoms with Gasteiger partial charge in [0.1, 0.15) is 0 Å². The smallest absolute Gasteiger partial charge is 0.231 e. The van der Waals surface area contributed by atoms with E-state index < -0.39 is 15.6 Å². The molecule has 8 nitrogen and oxygen atoms in total. The fraction of sp³-hybridized carbons (Fsp3) is 0.538. The molecule has 4 rings (SSSR count). The van der Waals surface area contributed by atoms with Crippen LogP contribution in [0.2, 0.25) is 0 Å². The molecule has 0 aliphatic carbocycles. The minimum Gasteiger partial charge on any atom is -0.454 e. The second kappa shape index (κ2) is 11.3. The van der Waals surface area contributed by atoms with Gasteiger partial charge < -0.3 is 30.0 Å². The Balaban J connectivity index is 1.53. The summed E-state index contributed by atoms with van der Waals surface area (Å²) in [4.78, 5) is 0.369. The largest absolute Gasteiger partial charge is 0.454 e. The van der Waals surface area contributed by atoms with Gasteiger partial charge in [0.15, 0.2) is 17.3 Å². The second-order valence-corrected chi connectivity index (χ2v) is 10.9. The molecule has 2 unspecified atom stereocenters. The zero-order chi connectivity index (χ0) is 24.9. The van der Waals surface area contributed by atoms with E-state index in [1.165, 1.54) is 12.1 Å². The highest BCUT2D eigenvalue weighted by molar-refractivity contribution is 7.91. The quantitative estimate of drug-likeness (QED) is 0.452. The van der Waals surface area contributed by atoms with Crippen LogP contribution >= 0.6 is 0 Å². The van der Waals surface area contributed by atoms with Crippen LogP contribution in [0.3, 0.4) is 0 Å². The Kier molecular flexibility index (Phi) is 8.34. The summed E-state index contributed by atoms with van der Waals surface area (Å²) in [5, 5.41) is 3.60. The van der Waals surface area contributed by atoms with Crippen molar-refractivity contribution < 1.29 is 27.4 Å². The van der Waals surface area contributed by atoms with Gasteiger partial charge in [-0.1, -0.05) is 26.0 Å². The molecule has 0 amide bonds. The Bertz CT molecular complexity index is 1080. The number of nitrogens with two attached hydrogens (primary N) is 1. The van der Waals surface area contributed by atoms with Crippen molar-refractivity contribution in [2.45, 2.75) is 61.2 Å². The summed E-state index contributed by atoms with van der Waals surface area (Å²) in [5.74, 6) is 0.215. The van der Waals surface area contributed by atoms with Crippen molar-refractivity contribution >= 4 is 9.84 Å². The molecule has 2 aliphatic rings. The third-order valence-electron chi connectivity index (χ3n) is 6.90. The van der Waals surface area contributed by atoms with E-state index in [1.54, 1.807) is 18.2 Å². The molecule has 0 spiro atoms. The minimum absolute atomic E-state index is 0.0931. The summed E-state index contributed by atoms with van der Waals surface area (Å²) in [6.07, 6.45) is 3.72. The fourth-order valence-electron chi connectivity index (χ4n) is 4.89. The van der Waals surface area contributed by atoms with Crippen molar-refractivity contribution in [3.05, 3.63) is 48.0 Å². The third-order valence-corrected chi connectivity index (χ3v) is 8.67. The van der Waals surface area contributed by atoms with Gasteiger partial charge in [-0.3, -0.25) is 0 Å². The molecule has 0 bridgehead atoms. The van der Waals surface area contributed by atoms with Crippen molar-refractivity contribution in [2.75, 3.05) is 33.1 Å². The van der Waals surface area contributed by atoms with Crippen LogP contribution in [-0.4, -0.2) is 47.6 Å². The maximum Gasteiger partial charge on any atom is 0.231 e. The first kappa shape index (κ1) is 25.9. The van der Waals surface area contributed by atoms with E-state index in [1.807, 2.05) is 12.1 Å². The van der Waals surface area contributed by atoms with Gasteiger partial charge in [0.2, 0.25) is 16.6 Å². The molecular formula is C26H36N2O6S. The normalized spacial score (nSPS) is 18.5. The van der Waals surface area contributed by atoms with Crippen molar-refractivity contribution in [3.63, 3.8) is 0 Å². The second-order valence-electron chi connectivity index (χ2n) is 8.94. The van der Waals surface area contributed by atoms with Gasteiger partial charge >= 0.3 is 0 Å². The number of benzene rings is 2. The lowest BCUT2D eigenvalue weighted by molar-refractivity contribution is -0.207. The van der Waals surface area contributed by atoms with Gasteiger partial charge in [-0.25, -0.2) is 8.42 Å². The van der Waals surface area contributed by atoms with Crippen molar-refractivity contribution in [2.24, 2.45) is 11.7 Å². The molecule has 192 valence electrons. The van der Waals surface area contributed by atoms with Gasteiger partial charge in [-0.2, -0.15) is 0 Å². The molecule has 2 aromatic rings. The maximum absolute atomic E-state index is 13.2. The predicted molar refractivity (Wildman–Crippen MR) is 132 cm³/mol. The summed E-state index contributed by atoms with van der Waals surface area (Å²) in [6.45, 7) is 6.90. The minimum atomic E-state index is -3.72. The highest BCUT2D eigenvalue weighted by Gasteiger charge is 2.45. The Morgan fingerprint density at radius 3 is 2.29 bits per heavy atom. The molecule has 2 aliphatic heterocycles. The van der Waals surface area contributed by atoms with Crippen LogP contribution in [0.15, 0.2) is 52.3 Å². The monoisotopic (exact) mass is 504 g/mol. The molecule has 2 atom stereocenters. The van der Waals surface area contributed by atoms with Crippen LogP contribution in [0.5, 0.6) is 11.5 Å². The van der Waals surface area contributed by atoms with Crippen LogP contribution in [0.4, 0.5) is 0 Å². The Morgan fingerprint density at radius 1 is 0.943 bits per heavy atom. The number of hydrogen-bond donors (Lipinski definition) is 2. The topological polar surface area (TPSA) is 109 Å². The summed E-state index contributed by atoms with van der Waals surface area (Å²) < 4.78 is 49.6. The van der Waals surface area contributed by atoms with E-state index in [0.29, 0.717) is 37.3 Å². The lowest BCUT2D eigenvalue weighted by atomic mass is 9.86. The summed E-state index contributed by atoms with van der Waals surface area (Å²) >= 11 is 0. The van der Waals surface area contributed by atoms with Gasteiger partial charge in [-0.05, 0) is 63.0 Å². The zero-order valence-electron chi connectivity index (χ0n) is 20.5. The van der Waals surface area contributed by atoms with E-state index in [-0.39, 0.29) is 22.5 Å². The first-order chi connectivity index (χ1) is 16.9. The number of sulfone groups is 1. The van der Waals surface area contributed by atoms with Crippen molar-refractivity contribution in [1.82, 2.24) is 5.32 Å². The van der Waals surface area contributed by atoms with Gasteiger partial charge in [-0.15, -0.1) is 0 Å². The number of hydrogen-bond acceptors (Lipinski definition) is 8. The molecule has 0 saturated carbocycles. The van der Waals surface area contributed by atoms with Gasteiger partial charge in [0.05, 0.1) is 23.0 Å². The van der Waals surface area contributed by atoms with E-state index in [2.05, 4.69) is 19.2 Å². The van der Waals surface area contributed by atoms with Crippen molar-refractivity contribution in [1.29, 1.82) is 0 Å². The molecule has 9 heteroatoms. The summed E-state index contributed by atoms with van der Waals surface area (Å²) in [5.41, 5.74) is 6.56. The number of nitrogens with one attached hydrogen (secondary N) is 1. The lowest BCUT2D eigenvalue weighted by Crippen LogP contribution is -2.39. The maximum atomic E-state index is 13.2. The SMILES string of the molecule is CCC(CCN)NCCC(CC)C1(c2ccc(S(=O)(=O)c3ccc4c(c3)OCO4)cc2)OCCO1. The van der Waals surface area contributed by atoms with E-state index in [4.69, 9.17) is 24.7 Å². The molecule has 3 N–H and O–H groups in total. The van der Waals surface area contributed by atoms with Crippen LogP contribution in [0.1, 0.15) is 45.1 Å². The first-order valence-electron chi connectivity index (χ1n) is 12.4. The van der Waals surface area contributed by atoms with Crippen LogP contribution in [0, 0.1) is 5.92 Å². The summed E-state index contributed by atoms with van der Waals surface area (Å²) in [6, 6.07) is 11.9. The number of fused-ring (bicyclic) bond motifs is 1. The van der Waals surface area contributed by atoms with Gasteiger partial charge in [0.25, 0.3) is 0 Å². The van der Waals surface area contributed by atoms with Crippen LogP contribution in [0.25, 0.3) is 0 Å². The lowest BCUT2D eigenvalue weighted by Gasteiger charge is -2.36. The molecule has 1 fully saturated rings. The highest BCUT2D eigenvalue weighted by atomic mass is 32.2. The predicted octanol–water partition coefficient (Wildman–Crippen LogP) is 3.58. The van der Waals surface area contributed by atoms with Crippen LogP contribution < -0.4 is 20.5 Å². The Labute approximate surface area is 208 Å². The average Bonchev–Trinajstić information content (AvgIpc) is 3.56. The highest BCUT2D eigenvalue weighted by Crippen LogP contribution is 2.42. The third kappa shape index (κ3) is 5.34. The molecule has 2 aromatic carbocycles. The molecule has 0 aromatic heterocycles. The molecule has 0 radical (unpaired) electrons. The van der Waals surface area contributed by atoms with Crippen molar-refractivity contribution in [3.8, 4) is 11.5 Å².